The molecule has 0 spiro atoms. The predicted octanol–water partition coefficient (Wildman–Crippen LogP) is 0.633. The van der Waals surface area contributed by atoms with Crippen LogP contribution in [0.4, 0.5) is 0 Å². The van der Waals surface area contributed by atoms with Crippen molar-refractivity contribution in [1.82, 2.24) is 20.1 Å². The van der Waals surface area contributed by atoms with Crippen molar-refractivity contribution in [2.24, 2.45) is 0 Å². The fourth-order valence-corrected chi connectivity index (χ4v) is 1.76. The largest absolute Gasteiger partial charge is 0.322 e. The highest BCUT2D eigenvalue weighted by Gasteiger charge is 2.09. The number of hydrogen-bond donors (Lipinski definition) is 1. The van der Waals surface area contributed by atoms with Crippen molar-refractivity contribution in [2.75, 3.05) is 19.6 Å². The molecule has 1 fully saturated rings. The number of rotatable bonds is 3. The lowest BCUT2D eigenvalue weighted by molar-refractivity contribution is 0.230. The van der Waals surface area contributed by atoms with E-state index in [0.29, 0.717) is 0 Å². The molecule has 1 saturated heterocycles. The number of piperidine rings is 1. The van der Waals surface area contributed by atoms with E-state index in [0.717, 1.165) is 18.8 Å². The van der Waals surface area contributed by atoms with Crippen LogP contribution in [0.2, 0.25) is 0 Å². The summed E-state index contributed by atoms with van der Waals surface area (Å²) in [4.78, 5) is 5.39. The smallest absolute Gasteiger partial charge is 0.199 e. The molecule has 0 aromatic carbocycles. The minimum atomic E-state index is 0.950. The second kappa shape index (κ2) is 4.37. The first-order valence-electron chi connectivity index (χ1n) is 4.95. The molecule has 71 valence electrons. The van der Waals surface area contributed by atoms with Crippen LogP contribution in [0.3, 0.4) is 0 Å². The SMILES string of the molecule is [c]1nnc(CCN2CCCCC2)[nH]1. The molecule has 0 atom stereocenters. The Morgan fingerprint density at radius 2 is 2.15 bits per heavy atom. The zero-order chi connectivity index (χ0) is 8.93. The first-order valence-corrected chi connectivity index (χ1v) is 4.95. The van der Waals surface area contributed by atoms with Gasteiger partial charge in [-0.1, -0.05) is 6.42 Å². The highest BCUT2D eigenvalue weighted by molar-refractivity contribution is 4.81. The normalized spacial score (nSPS) is 19.1. The summed E-state index contributed by atoms with van der Waals surface area (Å²) in [6.45, 7) is 3.60. The third-order valence-corrected chi connectivity index (χ3v) is 2.53. The molecule has 4 heteroatoms. The Balaban J connectivity index is 1.72. The lowest BCUT2D eigenvalue weighted by Gasteiger charge is -2.25. The third kappa shape index (κ3) is 2.52. The first kappa shape index (κ1) is 8.69. The van der Waals surface area contributed by atoms with E-state index in [9.17, 15) is 0 Å². The standard InChI is InChI=1S/C9H15N4/c1-2-5-13(6-3-1)7-4-9-10-8-11-12-9/h1-7H2,(H,10,11,12). The number of aromatic nitrogens is 3. The quantitative estimate of drug-likeness (QED) is 0.740. The van der Waals surface area contributed by atoms with Crippen LogP contribution in [0.15, 0.2) is 0 Å². The molecule has 1 aromatic rings. The van der Waals surface area contributed by atoms with Gasteiger partial charge >= 0.3 is 0 Å². The molecule has 1 aromatic heterocycles. The summed E-state index contributed by atoms with van der Waals surface area (Å²) in [5.74, 6) is 0.950. The van der Waals surface area contributed by atoms with Crippen LogP contribution in [-0.4, -0.2) is 39.7 Å². The molecule has 1 N–H and O–H groups in total. The van der Waals surface area contributed by atoms with Gasteiger partial charge in [-0.25, -0.2) is 0 Å². The molecular weight excluding hydrogens is 164 g/mol. The summed E-state index contributed by atoms with van der Waals surface area (Å²) in [6.07, 6.45) is 7.68. The summed E-state index contributed by atoms with van der Waals surface area (Å²) in [5, 5.41) is 7.55. The summed E-state index contributed by atoms with van der Waals surface area (Å²) in [5.41, 5.74) is 0. The van der Waals surface area contributed by atoms with Crippen molar-refractivity contribution in [3.8, 4) is 0 Å². The van der Waals surface area contributed by atoms with Crippen molar-refractivity contribution >= 4 is 0 Å². The Hall–Kier alpha value is -0.900. The molecule has 1 radical (unpaired) electrons. The average Bonchev–Trinajstić information content (AvgIpc) is 2.69. The molecule has 13 heavy (non-hydrogen) atoms. The maximum Gasteiger partial charge on any atom is 0.199 e. The Labute approximate surface area is 78.4 Å². The molecule has 0 bridgehead atoms. The Morgan fingerprint density at radius 3 is 2.85 bits per heavy atom. The van der Waals surface area contributed by atoms with Gasteiger partial charge in [-0.05, 0) is 25.9 Å². The molecular formula is C9H15N4. The topological polar surface area (TPSA) is 44.8 Å². The molecule has 2 rings (SSSR count). The Bertz CT molecular complexity index is 226. The molecule has 0 saturated carbocycles. The van der Waals surface area contributed by atoms with Crippen LogP contribution >= 0.6 is 0 Å². The lowest BCUT2D eigenvalue weighted by Crippen LogP contribution is -2.31. The molecule has 0 aliphatic carbocycles. The van der Waals surface area contributed by atoms with Gasteiger partial charge in [0, 0.05) is 13.0 Å². The number of aromatic amines is 1. The molecule has 2 heterocycles. The van der Waals surface area contributed by atoms with Gasteiger partial charge in [0.15, 0.2) is 6.33 Å². The number of hydrogen-bond acceptors (Lipinski definition) is 3. The van der Waals surface area contributed by atoms with Crippen LogP contribution < -0.4 is 0 Å². The van der Waals surface area contributed by atoms with Crippen molar-refractivity contribution < 1.29 is 0 Å². The summed E-state index contributed by atoms with van der Waals surface area (Å²) in [7, 11) is 0. The number of H-pyrrole nitrogens is 1. The summed E-state index contributed by atoms with van der Waals surface area (Å²) >= 11 is 0. The average molecular weight is 179 g/mol. The van der Waals surface area contributed by atoms with Gasteiger partial charge < -0.3 is 9.88 Å². The van der Waals surface area contributed by atoms with Gasteiger partial charge in [0.1, 0.15) is 5.82 Å². The van der Waals surface area contributed by atoms with E-state index >= 15 is 0 Å². The van der Waals surface area contributed by atoms with Crippen molar-refractivity contribution in [2.45, 2.75) is 25.7 Å². The molecule has 0 unspecified atom stereocenters. The van der Waals surface area contributed by atoms with Crippen LogP contribution in [0.5, 0.6) is 0 Å². The maximum absolute atomic E-state index is 3.91. The predicted molar refractivity (Wildman–Crippen MR) is 49.2 cm³/mol. The summed E-state index contributed by atoms with van der Waals surface area (Å²) < 4.78 is 0. The minimum Gasteiger partial charge on any atom is -0.322 e. The van der Waals surface area contributed by atoms with Crippen molar-refractivity contribution in [3.05, 3.63) is 12.2 Å². The van der Waals surface area contributed by atoms with E-state index in [1.54, 1.807) is 0 Å². The van der Waals surface area contributed by atoms with Gasteiger partial charge in [-0.15, -0.1) is 10.2 Å². The van der Waals surface area contributed by atoms with Crippen LogP contribution in [0.25, 0.3) is 0 Å². The second-order valence-electron chi connectivity index (χ2n) is 3.54. The molecule has 1 aliphatic heterocycles. The highest BCUT2D eigenvalue weighted by atomic mass is 15.2. The fourth-order valence-electron chi connectivity index (χ4n) is 1.76. The van der Waals surface area contributed by atoms with E-state index in [4.69, 9.17) is 0 Å². The maximum atomic E-state index is 3.91. The number of nitrogens with zero attached hydrogens (tertiary/aromatic N) is 3. The van der Waals surface area contributed by atoms with E-state index in [2.05, 4.69) is 26.4 Å². The number of likely N-dealkylation sites (tertiary alicyclic amines) is 1. The van der Waals surface area contributed by atoms with Gasteiger partial charge in [0.25, 0.3) is 0 Å². The monoisotopic (exact) mass is 179 g/mol. The van der Waals surface area contributed by atoms with E-state index in [1.165, 1.54) is 32.4 Å². The molecule has 4 nitrogen and oxygen atoms in total. The minimum absolute atomic E-state index is 0.950. The highest BCUT2D eigenvalue weighted by Crippen LogP contribution is 2.08. The fraction of sp³-hybridized carbons (Fsp3) is 0.778. The Morgan fingerprint density at radius 1 is 1.31 bits per heavy atom. The lowest BCUT2D eigenvalue weighted by atomic mass is 10.1. The zero-order valence-electron chi connectivity index (χ0n) is 7.79. The third-order valence-electron chi connectivity index (χ3n) is 2.53. The van der Waals surface area contributed by atoms with Gasteiger partial charge in [0.2, 0.25) is 0 Å². The van der Waals surface area contributed by atoms with Gasteiger partial charge in [-0.3, -0.25) is 0 Å². The van der Waals surface area contributed by atoms with Crippen molar-refractivity contribution in [3.63, 3.8) is 0 Å². The van der Waals surface area contributed by atoms with Crippen molar-refractivity contribution in [1.29, 1.82) is 0 Å². The van der Waals surface area contributed by atoms with Crippen LogP contribution in [-0.2, 0) is 6.42 Å². The van der Waals surface area contributed by atoms with Crippen LogP contribution in [0, 0.1) is 6.33 Å². The second-order valence-corrected chi connectivity index (χ2v) is 3.54. The van der Waals surface area contributed by atoms with E-state index in [1.807, 2.05) is 0 Å². The number of nitrogens with one attached hydrogen (secondary N) is 1. The summed E-state index contributed by atoms with van der Waals surface area (Å²) in [6, 6.07) is 0. The first-order chi connectivity index (χ1) is 6.45. The molecule has 1 aliphatic rings. The van der Waals surface area contributed by atoms with Gasteiger partial charge in [-0.2, -0.15) is 0 Å². The molecule has 0 amide bonds. The van der Waals surface area contributed by atoms with E-state index in [-0.39, 0.29) is 0 Å². The van der Waals surface area contributed by atoms with Crippen LogP contribution in [0.1, 0.15) is 25.1 Å². The Kier molecular flexibility index (Phi) is 2.92. The van der Waals surface area contributed by atoms with Gasteiger partial charge in [0.05, 0.1) is 0 Å². The van der Waals surface area contributed by atoms with E-state index < -0.39 is 0 Å². The zero-order valence-corrected chi connectivity index (χ0v) is 7.79.